The van der Waals surface area contributed by atoms with Crippen molar-refractivity contribution >= 4 is 45.9 Å². The zero-order chi connectivity index (χ0) is 28.3. The van der Waals surface area contributed by atoms with Crippen molar-refractivity contribution in [2.24, 2.45) is 0 Å². The van der Waals surface area contributed by atoms with Crippen LogP contribution in [0.3, 0.4) is 0 Å². The second-order valence-electron chi connectivity index (χ2n) is 9.22. The monoisotopic (exact) mass is 562 g/mol. The van der Waals surface area contributed by atoms with Crippen molar-refractivity contribution in [1.82, 2.24) is 39.0 Å². The number of nitrogens with two attached hydrogens (primary N) is 2. The van der Waals surface area contributed by atoms with Gasteiger partial charge in [-0.25, -0.2) is 9.97 Å². The number of nitrogen functional groups attached to an aromatic ring is 2. The maximum atomic E-state index is 10.4. The molecule has 0 saturated carbocycles. The van der Waals surface area contributed by atoms with Crippen LogP contribution in [0.15, 0.2) is 12.7 Å². The molecular formula is C20H26N12O8. The van der Waals surface area contributed by atoms with Gasteiger partial charge in [-0.15, -0.1) is 0 Å². The van der Waals surface area contributed by atoms with E-state index in [-0.39, 0.29) is 45.9 Å². The highest BCUT2D eigenvalue weighted by atomic mass is 16.6. The van der Waals surface area contributed by atoms with Crippen molar-refractivity contribution < 1.29 is 40.1 Å². The number of nitrogens with one attached hydrogen (secondary N) is 2. The van der Waals surface area contributed by atoms with Gasteiger partial charge in [0, 0.05) is 0 Å². The van der Waals surface area contributed by atoms with Crippen molar-refractivity contribution in [2.45, 2.75) is 49.1 Å². The Morgan fingerprint density at radius 2 is 1.07 bits per heavy atom. The van der Waals surface area contributed by atoms with Gasteiger partial charge in [0.05, 0.1) is 25.9 Å². The molecule has 0 aromatic carbocycles. The molecule has 40 heavy (non-hydrogen) atoms. The fraction of sp³-hybridized carbons (Fsp3) is 0.500. The van der Waals surface area contributed by atoms with Crippen molar-refractivity contribution in [1.29, 1.82) is 0 Å². The van der Waals surface area contributed by atoms with Gasteiger partial charge in [-0.1, -0.05) is 0 Å². The molecule has 0 radical (unpaired) electrons. The average molecular weight is 563 g/mol. The van der Waals surface area contributed by atoms with E-state index in [1.54, 1.807) is 0 Å². The van der Waals surface area contributed by atoms with Crippen LogP contribution in [-0.4, -0.2) is 120 Å². The fourth-order valence-electron chi connectivity index (χ4n) is 4.69. The van der Waals surface area contributed by atoms with Crippen molar-refractivity contribution in [3.63, 3.8) is 0 Å². The highest BCUT2D eigenvalue weighted by molar-refractivity contribution is 5.84. The quantitative estimate of drug-likeness (QED) is 0.0954. The number of aromatic nitrogens is 8. The van der Waals surface area contributed by atoms with Crippen molar-refractivity contribution in [2.75, 3.05) is 35.5 Å². The molecule has 0 spiro atoms. The topological polar surface area (TPSA) is 303 Å². The van der Waals surface area contributed by atoms with E-state index in [0.29, 0.717) is 0 Å². The van der Waals surface area contributed by atoms with E-state index < -0.39 is 62.3 Å². The third-order valence-electron chi connectivity index (χ3n) is 6.77. The summed E-state index contributed by atoms with van der Waals surface area (Å²) in [6.45, 7) is -1.01. The van der Waals surface area contributed by atoms with Crippen molar-refractivity contribution in [3.8, 4) is 0 Å². The normalized spacial score (nSPS) is 30.4. The van der Waals surface area contributed by atoms with E-state index in [4.69, 9.17) is 20.9 Å². The summed E-state index contributed by atoms with van der Waals surface area (Å²) in [5, 5.41) is 59.9. The summed E-state index contributed by atoms with van der Waals surface area (Å²) in [6, 6.07) is 0. The number of nitrogens with zero attached hydrogens (tertiary/aromatic N) is 8. The predicted octanol–water partition coefficient (Wildman–Crippen LogP) is -4.21. The van der Waals surface area contributed by atoms with Gasteiger partial charge < -0.3 is 51.6 Å². The van der Waals surface area contributed by atoms with Gasteiger partial charge >= 0.3 is 0 Å². The maximum Gasteiger partial charge on any atom is 0.245 e. The largest absolute Gasteiger partial charge is 0.394 e. The molecule has 0 aliphatic carbocycles. The van der Waals surface area contributed by atoms with Crippen LogP contribution in [0, 0.1) is 0 Å². The second kappa shape index (κ2) is 9.87. The average Bonchev–Trinajstić information content (AvgIpc) is 3.69. The molecular weight excluding hydrogens is 536 g/mol. The molecule has 4 aromatic heterocycles. The minimum atomic E-state index is -1.37. The van der Waals surface area contributed by atoms with E-state index >= 15 is 0 Å². The maximum absolute atomic E-state index is 10.4. The van der Waals surface area contributed by atoms with Gasteiger partial charge in [0.25, 0.3) is 0 Å². The van der Waals surface area contributed by atoms with Gasteiger partial charge in [0.1, 0.15) is 47.7 Å². The van der Waals surface area contributed by atoms with E-state index in [9.17, 15) is 30.6 Å². The SMILES string of the molecule is Nc1nc(NNc2nc(N)c3ncn([C@H]4O[C@@H](CO)[C@H](O)[C@@H]4O)c3n2)nc2c1ncn2[C@@H]1O[C@H](CO)[C@@H](O)[C@H]1O. The fourth-order valence-corrected chi connectivity index (χ4v) is 4.69. The molecule has 2 aliphatic heterocycles. The zero-order valence-corrected chi connectivity index (χ0v) is 20.4. The number of hydrogen-bond acceptors (Lipinski definition) is 18. The molecule has 214 valence electrons. The molecule has 20 nitrogen and oxygen atoms in total. The van der Waals surface area contributed by atoms with Crippen LogP contribution >= 0.6 is 0 Å². The lowest BCUT2D eigenvalue weighted by atomic mass is 10.1. The Morgan fingerprint density at radius 3 is 1.43 bits per heavy atom. The van der Waals surface area contributed by atoms with Gasteiger partial charge in [-0.2, -0.15) is 19.9 Å². The summed E-state index contributed by atoms with van der Waals surface area (Å²) >= 11 is 0. The molecule has 2 aliphatic rings. The number of aliphatic hydroxyl groups excluding tert-OH is 6. The molecule has 8 atom stereocenters. The van der Waals surface area contributed by atoms with Crippen LogP contribution in [0.1, 0.15) is 12.5 Å². The molecule has 2 saturated heterocycles. The third kappa shape index (κ3) is 4.10. The summed E-state index contributed by atoms with van der Waals surface area (Å²) in [5.41, 5.74) is 18.2. The Morgan fingerprint density at radius 1 is 0.675 bits per heavy atom. The Balaban J connectivity index is 1.27. The summed E-state index contributed by atoms with van der Waals surface area (Å²) in [5.74, 6) is -0.147. The number of hydrazine groups is 1. The number of rotatable bonds is 7. The van der Waals surface area contributed by atoms with Crippen molar-refractivity contribution in [3.05, 3.63) is 12.7 Å². The first-order valence-corrected chi connectivity index (χ1v) is 12.0. The number of ether oxygens (including phenoxy) is 2. The number of anilines is 4. The molecule has 0 bridgehead atoms. The molecule has 0 amide bonds. The number of aliphatic hydroxyl groups is 6. The number of fused-ring (bicyclic) bond motifs is 2. The standard InChI is InChI=1S/C20H26N12O8/c21-13-7-15(31(3-23-7)17-11(37)9(35)5(1-33)39-17)27-19(25-13)29-30-20-26-14(22)8-16(28-20)32(4-24-8)18-12(38)10(36)6(2-34)40-18/h3-6,9-12,17-18,33-38H,1-2H2,(H3,21,25,27,29)(H3,22,26,28,30)/t5-,6+,9-,10+,11-,12+,17-,18+. The summed E-state index contributed by atoms with van der Waals surface area (Å²) in [7, 11) is 0. The zero-order valence-electron chi connectivity index (χ0n) is 20.4. The molecule has 4 aromatic rings. The lowest BCUT2D eigenvalue weighted by Gasteiger charge is -2.17. The van der Waals surface area contributed by atoms with E-state index in [2.05, 4.69) is 40.8 Å². The van der Waals surface area contributed by atoms with Crippen LogP contribution in [0.4, 0.5) is 23.5 Å². The predicted molar refractivity (Wildman–Crippen MR) is 133 cm³/mol. The summed E-state index contributed by atoms with van der Waals surface area (Å²) < 4.78 is 13.8. The van der Waals surface area contributed by atoms with Crippen LogP contribution in [0.5, 0.6) is 0 Å². The molecule has 20 heteroatoms. The Kier molecular flexibility index (Phi) is 6.47. The highest BCUT2D eigenvalue weighted by Gasteiger charge is 2.45. The van der Waals surface area contributed by atoms with E-state index in [1.807, 2.05) is 0 Å². The first-order valence-electron chi connectivity index (χ1n) is 12.0. The van der Waals surface area contributed by atoms with Gasteiger partial charge in [-0.05, 0) is 0 Å². The van der Waals surface area contributed by atoms with Gasteiger partial charge in [0.2, 0.25) is 11.9 Å². The highest BCUT2D eigenvalue weighted by Crippen LogP contribution is 2.33. The van der Waals surface area contributed by atoms with Gasteiger partial charge in [0.15, 0.2) is 35.4 Å². The Bertz CT molecular complexity index is 1430. The van der Waals surface area contributed by atoms with Crippen LogP contribution in [-0.2, 0) is 9.47 Å². The van der Waals surface area contributed by atoms with Crippen LogP contribution in [0.2, 0.25) is 0 Å². The first kappa shape index (κ1) is 26.2. The van der Waals surface area contributed by atoms with Crippen LogP contribution < -0.4 is 22.3 Å². The lowest BCUT2D eigenvalue weighted by molar-refractivity contribution is -0.0511. The molecule has 6 rings (SSSR count). The first-order chi connectivity index (χ1) is 19.2. The Labute approximate surface area is 222 Å². The van der Waals surface area contributed by atoms with Gasteiger partial charge in [-0.3, -0.25) is 20.0 Å². The second-order valence-corrected chi connectivity index (χ2v) is 9.22. The van der Waals surface area contributed by atoms with E-state index in [0.717, 1.165) is 0 Å². The van der Waals surface area contributed by atoms with Crippen LogP contribution in [0.25, 0.3) is 22.3 Å². The summed E-state index contributed by atoms with van der Waals surface area (Å²) in [6.07, 6.45) is -6.99. The number of imidazole rings is 2. The molecule has 2 fully saturated rings. The molecule has 0 unspecified atom stereocenters. The Hall–Kier alpha value is -4.02. The minimum absolute atomic E-state index is 0.0156. The summed E-state index contributed by atoms with van der Waals surface area (Å²) in [4.78, 5) is 25.3. The molecule has 6 heterocycles. The number of hydrogen-bond donors (Lipinski definition) is 10. The van der Waals surface area contributed by atoms with E-state index in [1.165, 1.54) is 21.8 Å². The minimum Gasteiger partial charge on any atom is -0.394 e. The third-order valence-corrected chi connectivity index (χ3v) is 6.77. The smallest absolute Gasteiger partial charge is 0.245 e. The molecule has 12 N–H and O–H groups in total. The lowest BCUT2D eigenvalue weighted by Crippen LogP contribution is -2.33.